The SMILES string of the molecule is COc1ccc(Nc2nc(-c3cccc([N+](=O)[O-])c3)nc3ccccc23)cc1. The fourth-order valence-corrected chi connectivity index (χ4v) is 2.87. The van der Waals surface area contributed by atoms with E-state index in [1.165, 1.54) is 12.1 Å². The first-order valence-electron chi connectivity index (χ1n) is 8.57. The summed E-state index contributed by atoms with van der Waals surface area (Å²) in [5.74, 6) is 1.80. The summed E-state index contributed by atoms with van der Waals surface area (Å²) >= 11 is 0. The first-order chi connectivity index (χ1) is 13.6. The van der Waals surface area contributed by atoms with Gasteiger partial charge in [0.15, 0.2) is 5.82 Å². The number of anilines is 2. The van der Waals surface area contributed by atoms with Gasteiger partial charge in [0.05, 0.1) is 17.5 Å². The van der Waals surface area contributed by atoms with Crippen LogP contribution in [0.2, 0.25) is 0 Å². The van der Waals surface area contributed by atoms with Crippen LogP contribution < -0.4 is 10.1 Å². The average molecular weight is 372 g/mol. The summed E-state index contributed by atoms with van der Waals surface area (Å²) in [6.45, 7) is 0. The van der Waals surface area contributed by atoms with Gasteiger partial charge in [0, 0.05) is 28.8 Å². The molecule has 28 heavy (non-hydrogen) atoms. The molecule has 138 valence electrons. The highest BCUT2D eigenvalue weighted by atomic mass is 16.6. The number of non-ortho nitro benzene ring substituents is 1. The van der Waals surface area contributed by atoms with Gasteiger partial charge in [-0.05, 0) is 36.4 Å². The van der Waals surface area contributed by atoms with E-state index in [4.69, 9.17) is 4.74 Å². The zero-order chi connectivity index (χ0) is 19.5. The molecule has 1 aromatic heterocycles. The molecule has 3 aromatic carbocycles. The van der Waals surface area contributed by atoms with Gasteiger partial charge in [-0.15, -0.1) is 0 Å². The van der Waals surface area contributed by atoms with Crippen LogP contribution in [0, 0.1) is 10.1 Å². The molecule has 4 rings (SSSR count). The van der Waals surface area contributed by atoms with Gasteiger partial charge in [-0.2, -0.15) is 0 Å². The second-order valence-electron chi connectivity index (χ2n) is 6.07. The summed E-state index contributed by atoms with van der Waals surface area (Å²) < 4.78 is 5.19. The molecule has 4 aromatic rings. The molecule has 0 saturated carbocycles. The van der Waals surface area contributed by atoms with Crippen molar-refractivity contribution in [3.05, 3.63) is 82.9 Å². The summed E-state index contributed by atoms with van der Waals surface area (Å²) in [7, 11) is 1.62. The highest BCUT2D eigenvalue weighted by Crippen LogP contribution is 2.29. The van der Waals surface area contributed by atoms with E-state index in [0.717, 1.165) is 22.3 Å². The average Bonchev–Trinajstić information content (AvgIpc) is 2.74. The van der Waals surface area contributed by atoms with Crippen molar-refractivity contribution >= 4 is 28.1 Å². The lowest BCUT2D eigenvalue weighted by Gasteiger charge is -2.11. The van der Waals surface area contributed by atoms with Crippen LogP contribution in [0.5, 0.6) is 5.75 Å². The fourth-order valence-electron chi connectivity index (χ4n) is 2.87. The molecule has 7 heteroatoms. The van der Waals surface area contributed by atoms with E-state index in [1.54, 1.807) is 19.2 Å². The molecule has 1 heterocycles. The molecule has 0 aliphatic heterocycles. The number of nitrogens with zero attached hydrogens (tertiary/aromatic N) is 3. The molecular formula is C21H16N4O3. The zero-order valence-electron chi connectivity index (χ0n) is 15.0. The second-order valence-corrected chi connectivity index (χ2v) is 6.07. The molecule has 0 spiro atoms. The lowest BCUT2D eigenvalue weighted by Crippen LogP contribution is -1.99. The van der Waals surface area contributed by atoms with Crippen LogP contribution in [-0.2, 0) is 0 Å². The molecule has 0 aliphatic rings. The number of ether oxygens (including phenoxy) is 1. The Morgan fingerprint density at radius 3 is 2.50 bits per heavy atom. The standard InChI is InChI=1S/C21H16N4O3/c1-28-17-11-9-15(10-12-17)22-21-18-7-2-3-8-19(18)23-20(24-21)14-5-4-6-16(13-14)25(26)27/h2-13H,1H3,(H,22,23,24). The number of benzene rings is 3. The third-order valence-electron chi connectivity index (χ3n) is 4.27. The predicted molar refractivity (Wildman–Crippen MR) is 108 cm³/mol. The minimum Gasteiger partial charge on any atom is -0.497 e. The Morgan fingerprint density at radius 1 is 0.964 bits per heavy atom. The van der Waals surface area contributed by atoms with E-state index >= 15 is 0 Å². The number of nitrogens with one attached hydrogen (secondary N) is 1. The molecule has 0 unspecified atom stereocenters. The first-order valence-corrected chi connectivity index (χ1v) is 8.57. The van der Waals surface area contributed by atoms with Gasteiger partial charge in [-0.3, -0.25) is 10.1 Å². The van der Waals surface area contributed by atoms with Crippen molar-refractivity contribution in [1.82, 2.24) is 9.97 Å². The number of nitro groups is 1. The van der Waals surface area contributed by atoms with E-state index in [2.05, 4.69) is 15.3 Å². The molecule has 0 atom stereocenters. The normalized spacial score (nSPS) is 10.6. The van der Waals surface area contributed by atoms with Crippen LogP contribution in [-0.4, -0.2) is 22.0 Å². The molecule has 0 radical (unpaired) electrons. The van der Waals surface area contributed by atoms with Gasteiger partial charge in [0.25, 0.3) is 5.69 Å². The number of para-hydroxylation sites is 1. The smallest absolute Gasteiger partial charge is 0.270 e. The highest BCUT2D eigenvalue weighted by molar-refractivity contribution is 5.92. The zero-order valence-corrected chi connectivity index (χ0v) is 15.0. The molecule has 0 saturated heterocycles. The van der Waals surface area contributed by atoms with Crippen LogP contribution in [0.25, 0.3) is 22.3 Å². The lowest BCUT2D eigenvalue weighted by molar-refractivity contribution is -0.384. The van der Waals surface area contributed by atoms with Crippen LogP contribution in [0.15, 0.2) is 72.8 Å². The number of nitro benzene ring substituents is 1. The van der Waals surface area contributed by atoms with Gasteiger partial charge in [0.2, 0.25) is 0 Å². The third-order valence-corrected chi connectivity index (χ3v) is 4.27. The third kappa shape index (κ3) is 3.45. The molecule has 0 fully saturated rings. The van der Waals surface area contributed by atoms with Gasteiger partial charge >= 0.3 is 0 Å². The number of fused-ring (bicyclic) bond motifs is 1. The number of hydrogen-bond acceptors (Lipinski definition) is 6. The molecule has 0 aliphatic carbocycles. The number of methoxy groups -OCH3 is 1. The molecule has 1 N–H and O–H groups in total. The quantitative estimate of drug-likeness (QED) is 0.393. The Balaban J connectivity index is 1.81. The monoisotopic (exact) mass is 372 g/mol. The minimum atomic E-state index is -0.429. The van der Waals surface area contributed by atoms with Crippen LogP contribution in [0.4, 0.5) is 17.2 Å². The molecule has 7 nitrogen and oxygen atoms in total. The highest BCUT2D eigenvalue weighted by Gasteiger charge is 2.13. The fraction of sp³-hybridized carbons (Fsp3) is 0.0476. The first kappa shape index (κ1) is 17.4. The van der Waals surface area contributed by atoms with Crippen LogP contribution in [0.1, 0.15) is 0 Å². The maximum absolute atomic E-state index is 11.1. The Labute approximate surface area is 160 Å². The van der Waals surface area contributed by atoms with E-state index in [1.807, 2.05) is 48.5 Å². The molecule has 0 bridgehead atoms. The number of rotatable bonds is 5. The van der Waals surface area contributed by atoms with Crippen molar-refractivity contribution in [2.45, 2.75) is 0 Å². The van der Waals surface area contributed by atoms with Crippen molar-refractivity contribution in [1.29, 1.82) is 0 Å². The summed E-state index contributed by atoms with van der Waals surface area (Å²) in [5.41, 5.74) is 2.17. The second kappa shape index (κ2) is 7.32. The van der Waals surface area contributed by atoms with Crippen molar-refractivity contribution in [2.75, 3.05) is 12.4 Å². The molecular weight excluding hydrogens is 356 g/mol. The summed E-state index contributed by atoms with van der Waals surface area (Å²) in [5, 5.41) is 15.3. The topological polar surface area (TPSA) is 90.2 Å². The summed E-state index contributed by atoms with van der Waals surface area (Å²) in [6, 6.07) is 21.4. The van der Waals surface area contributed by atoms with E-state index in [-0.39, 0.29) is 5.69 Å². The minimum absolute atomic E-state index is 0.000998. The van der Waals surface area contributed by atoms with Gasteiger partial charge in [0.1, 0.15) is 11.6 Å². The predicted octanol–water partition coefficient (Wildman–Crippen LogP) is 4.96. The summed E-state index contributed by atoms with van der Waals surface area (Å²) in [6.07, 6.45) is 0. The number of hydrogen-bond donors (Lipinski definition) is 1. The van der Waals surface area contributed by atoms with Crippen LogP contribution >= 0.6 is 0 Å². The van der Waals surface area contributed by atoms with Crippen LogP contribution in [0.3, 0.4) is 0 Å². The number of aromatic nitrogens is 2. The Bertz CT molecular complexity index is 1160. The van der Waals surface area contributed by atoms with E-state index in [9.17, 15) is 10.1 Å². The maximum atomic E-state index is 11.1. The molecule has 0 amide bonds. The van der Waals surface area contributed by atoms with Crippen molar-refractivity contribution < 1.29 is 9.66 Å². The van der Waals surface area contributed by atoms with Gasteiger partial charge < -0.3 is 10.1 Å². The van der Waals surface area contributed by atoms with Gasteiger partial charge in [-0.25, -0.2) is 9.97 Å². The maximum Gasteiger partial charge on any atom is 0.270 e. The Hall–Kier alpha value is -4.00. The Kier molecular flexibility index (Phi) is 4.55. The van der Waals surface area contributed by atoms with E-state index in [0.29, 0.717) is 17.2 Å². The largest absolute Gasteiger partial charge is 0.497 e. The van der Waals surface area contributed by atoms with Crippen molar-refractivity contribution in [3.63, 3.8) is 0 Å². The summed E-state index contributed by atoms with van der Waals surface area (Å²) in [4.78, 5) is 19.9. The van der Waals surface area contributed by atoms with Crippen molar-refractivity contribution in [2.24, 2.45) is 0 Å². The van der Waals surface area contributed by atoms with Crippen molar-refractivity contribution in [3.8, 4) is 17.1 Å². The Morgan fingerprint density at radius 2 is 1.75 bits per heavy atom. The lowest BCUT2D eigenvalue weighted by atomic mass is 10.1. The van der Waals surface area contributed by atoms with E-state index < -0.39 is 4.92 Å². The van der Waals surface area contributed by atoms with Gasteiger partial charge in [-0.1, -0.05) is 24.3 Å².